The first-order valence-corrected chi connectivity index (χ1v) is 10.1. The average molecular weight is 421 g/mol. The van der Waals surface area contributed by atoms with Crippen molar-refractivity contribution in [1.29, 1.82) is 0 Å². The summed E-state index contributed by atoms with van der Waals surface area (Å²) in [5.74, 6) is 0.219. The van der Waals surface area contributed by atoms with E-state index < -0.39 is 16.1 Å². The van der Waals surface area contributed by atoms with Crippen LogP contribution in [0.15, 0.2) is 57.9 Å². The first-order valence-electron chi connectivity index (χ1n) is 8.24. The number of carbonyl (C=O) groups excluding carboxylic acids is 1. The molecule has 0 bridgehead atoms. The van der Waals surface area contributed by atoms with Crippen molar-refractivity contribution >= 4 is 33.2 Å². The Bertz CT molecular complexity index is 1080. The summed E-state index contributed by atoms with van der Waals surface area (Å²) in [7, 11) is -3.82. The molecule has 0 fully saturated rings. The molecule has 0 saturated carbocycles. The quantitative estimate of drug-likeness (QED) is 0.631. The summed E-state index contributed by atoms with van der Waals surface area (Å²) in [5.41, 5.74) is 1.20. The second-order valence-corrected chi connectivity index (χ2v) is 8.16. The van der Waals surface area contributed by atoms with Crippen molar-refractivity contribution in [2.24, 2.45) is 0 Å². The van der Waals surface area contributed by atoms with Crippen molar-refractivity contribution in [1.82, 2.24) is 14.9 Å². The number of carbonyl (C=O) groups is 1. The molecule has 10 heteroatoms. The number of hydrogen-bond acceptors (Lipinski definition) is 6. The van der Waals surface area contributed by atoms with Gasteiger partial charge in [0.15, 0.2) is 0 Å². The first-order chi connectivity index (χ1) is 13.2. The van der Waals surface area contributed by atoms with Crippen LogP contribution in [0.5, 0.6) is 0 Å². The molecule has 1 amide bonds. The minimum absolute atomic E-state index is 0.0471. The second-order valence-electron chi connectivity index (χ2n) is 6.01. The van der Waals surface area contributed by atoms with Gasteiger partial charge < -0.3 is 9.84 Å². The van der Waals surface area contributed by atoms with E-state index in [2.05, 4.69) is 20.2 Å². The molecule has 146 valence electrons. The summed E-state index contributed by atoms with van der Waals surface area (Å²) < 4.78 is 32.8. The van der Waals surface area contributed by atoms with E-state index in [9.17, 15) is 13.2 Å². The third-order valence-electron chi connectivity index (χ3n) is 3.73. The Morgan fingerprint density at radius 2 is 1.75 bits per heavy atom. The molecule has 28 heavy (non-hydrogen) atoms. The Kier molecular flexibility index (Phi) is 5.78. The minimum atomic E-state index is -3.82. The fraction of sp³-hybridized carbons (Fsp3) is 0.167. The Morgan fingerprint density at radius 3 is 2.36 bits per heavy atom. The van der Waals surface area contributed by atoms with Crippen LogP contribution in [0.1, 0.15) is 25.8 Å². The monoisotopic (exact) mass is 420 g/mol. The predicted molar refractivity (Wildman–Crippen MR) is 104 cm³/mol. The highest BCUT2D eigenvalue weighted by Gasteiger charge is 2.22. The van der Waals surface area contributed by atoms with Gasteiger partial charge in [-0.2, -0.15) is 9.71 Å². The standard InChI is InChI=1S/C18H17ClN4O4S/c1-11(18-21-17(22-27-18)13-3-5-14(19)6-4-13)23-28(25,26)16-9-7-15(8-10-16)20-12(2)24/h3-11,23H,1-2H3,(H,20,24)/t11-/m1/s1. The van der Waals surface area contributed by atoms with Gasteiger partial charge in [0.1, 0.15) is 0 Å². The van der Waals surface area contributed by atoms with E-state index in [1.807, 2.05) is 0 Å². The zero-order valence-corrected chi connectivity index (χ0v) is 16.6. The minimum Gasteiger partial charge on any atom is -0.337 e. The van der Waals surface area contributed by atoms with Crippen molar-refractivity contribution < 1.29 is 17.7 Å². The molecule has 0 saturated heterocycles. The normalized spacial score (nSPS) is 12.5. The van der Waals surface area contributed by atoms with Gasteiger partial charge in [-0.15, -0.1) is 0 Å². The molecule has 3 aromatic rings. The molecule has 0 radical (unpaired) electrons. The number of hydrogen-bond donors (Lipinski definition) is 2. The Hall–Kier alpha value is -2.75. The van der Waals surface area contributed by atoms with Crippen LogP contribution in [0, 0.1) is 0 Å². The van der Waals surface area contributed by atoms with Gasteiger partial charge in [0, 0.05) is 23.2 Å². The molecule has 1 atom stereocenters. The predicted octanol–water partition coefficient (Wildman–Crippen LogP) is 3.39. The van der Waals surface area contributed by atoms with Crippen LogP contribution in [0.2, 0.25) is 5.02 Å². The zero-order chi connectivity index (χ0) is 20.3. The van der Waals surface area contributed by atoms with Crippen LogP contribution >= 0.6 is 11.6 Å². The maximum Gasteiger partial charge on any atom is 0.244 e. The molecular weight excluding hydrogens is 404 g/mol. The Morgan fingerprint density at radius 1 is 1.11 bits per heavy atom. The van der Waals surface area contributed by atoms with Crippen LogP contribution in [-0.4, -0.2) is 24.5 Å². The third-order valence-corrected chi connectivity index (χ3v) is 5.54. The molecule has 1 heterocycles. The van der Waals surface area contributed by atoms with Crippen molar-refractivity contribution in [3.05, 3.63) is 59.4 Å². The van der Waals surface area contributed by atoms with E-state index in [0.29, 0.717) is 22.1 Å². The van der Waals surface area contributed by atoms with Crippen LogP contribution < -0.4 is 10.0 Å². The molecule has 2 aromatic carbocycles. The lowest BCUT2D eigenvalue weighted by Crippen LogP contribution is -2.27. The van der Waals surface area contributed by atoms with Gasteiger partial charge in [-0.1, -0.05) is 16.8 Å². The summed E-state index contributed by atoms with van der Waals surface area (Å²) in [5, 5.41) is 7.03. The number of benzene rings is 2. The lowest BCUT2D eigenvalue weighted by Gasteiger charge is -2.11. The van der Waals surface area contributed by atoms with Crippen LogP contribution in [0.3, 0.4) is 0 Å². The largest absolute Gasteiger partial charge is 0.337 e. The summed E-state index contributed by atoms with van der Waals surface area (Å²) >= 11 is 5.86. The summed E-state index contributed by atoms with van der Waals surface area (Å²) in [6.07, 6.45) is 0. The van der Waals surface area contributed by atoms with E-state index in [4.69, 9.17) is 16.1 Å². The molecule has 0 unspecified atom stereocenters. The summed E-state index contributed by atoms with van der Waals surface area (Å²) in [4.78, 5) is 15.3. The third kappa shape index (κ3) is 4.75. The van der Waals surface area contributed by atoms with Gasteiger partial charge >= 0.3 is 0 Å². The van der Waals surface area contributed by atoms with Gasteiger partial charge in [-0.25, -0.2) is 8.42 Å². The fourth-order valence-electron chi connectivity index (χ4n) is 2.40. The Balaban J connectivity index is 1.73. The van der Waals surface area contributed by atoms with E-state index in [-0.39, 0.29) is 16.7 Å². The molecular formula is C18H17ClN4O4S. The van der Waals surface area contributed by atoms with E-state index in [1.165, 1.54) is 31.2 Å². The van der Waals surface area contributed by atoms with Gasteiger partial charge in [0.25, 0.3) is 0 Å². The molecule has 1 aromatic heterocycles. The van der Waals surface area contributed by atoms with Crippen LogP contribution in [0.4, 0.5) is 5.69 Å². The van der Waals surface area contributed by atoms with Crippen molar-refractivity contribution in [2.75, 3.05) is 5.32 Å². The molecule has 8 nitrogen and oxygen atoms in total. The molecule has 0 aliphatic carbocycles. The number of nitrogens with one attached hydrogen (secondary N) is 2. The second kappa shape index (κ2) is 8.09. The first kappa shape index (κ1) is 20.0. The van der Waals surface area contributed by atoms with Crippen molar-refractivity contribution in [2.45, 2.75) is 24.8 Å². The number of nitrogens with zero attached hydrogens (tertiary/aromatic N) is 2. The molecule has 3 rings (SSSR count). The highest BCUT2D eigenvalue weighted by molar-refractivity contribution is 7.89. The van der Waals surface area contributed by atoms with Crippen molar-refractivity contribution in [3.8, 4) is 11.4 Å². The van der Waals surface area contributed by atoms with Gasteiger partial charge in [-0.05, 0) is 55.5 Å². The number of anilines is 1. The molecule has 0 spiro atoms. The highest BCUT2D eigenvalue weighted by atomic mass is 35.5. The number of halogens is 1. The smallest absolute Gasteiger partial charge is 0.244 e. The number of rotatable bonds is 6. The zero-order valence-electron chi connectivity index (χ0n) is 15.0. The van der Waals surface area contributed by atoms with Gasteiger partial charge in [0.05, 0.1) is 10.9 Å². The number of amides is 1. The molecule has 2 N–H and O–H groups in total. The fourth-order valence-corrected chi connectivity index (χ4v) is 3.72. The maximum absolute atomic E-state index is 12.6. The molecule has 0 aliphatic rings. The topological polar surface area (TPSA) is 114 Å². The van der Waals surface area contributed by atoms with Crippen LogP contribution in [0.25, 0.3) is 11.4 Å². The van der Waals surface area contributed by atoms with E-state index in [0.717, 1.165) is 0 Å². The van der Waals surface area contributed by atoms with Gasteiger partial charge in [0.2, 0.25) is 27.6 Å². The SMILES string of the molecule is CC(=O)Nc1ccc(S(=O)(=O)N[C@H](C)c2nc(-c3ccc(Cl)cc3)no2)cc1. The average Bonchev–Trinajstić information content (AvgIpc) is 3.12. The number of aromatic nitrogens is 2. The van der Waals surface area contributed by atoms with Gasteiger partial charge in [-0.3, -0.25) is 4.79 Å². The van der Waals surface area contributed by atoms with Crippen LogP contribution in [-0.2, 0) is 14.8 Å². The maximum atomic E-state index is 12.6. The van der Waals surface area contributed by atoms with E-state index in [1.54, 1.807) is 31.2 Å². The van der Waals surface area contributed by atoms with E-state index >= 15 is 0 Å². The lowest BCUT2D eigenvalue weighted by molar-refractivity contribution is -0.114. The molecule has 0 aliphatic heterocycles. The highest BCUT2D eigenvalue weighted by Crippen LogP contribution is 2.22. The number of sulfonamides is 1. The lowest BCUT2D eigenvalue weighted by atomic mass is 10.2. The summed E-state index contributed by atoms with van der Waals surface area (Å²) in [6.45, 7) is 2.97. The van der Waals surface area contributed by atoms with Crippen molar-refractivity contribution in [3.63, 3.8) is 0 Å². The Labute approximate surface area is 167 Å². The summed E-state index contributed by atoms with van der Waals surface area (Å²) in [6, 6.07) is 11.9.